The molecule has 3 aromatic rings. The zero-order chi connectivity index (χ0) is 15.1. The maximum atomic E-state index is 6.33. The van der Waals surface area contributed by atoms with Crippen molar-refractivity contribution in [3.05, 3.63) is 27.6 Å². The van der Waals surface area contributed by atoms with Crippen molar-refractivity contribution in [1.29, 1.82) is 0 Å². The van der Waals surface area contributed by atoms with Gasteiger partial charge in [0.05, 0.1) is 22.6 Å². The van der Waals surface area contributed by atoms with E-state index >= 15 is 0 Å². The molecule has 0 saturated heterocycles. The minimum atomic E-state index is -0.142. The maximum absolute atomic E-state index is 6.33. The van der Waals surface area contributed by atoms with Crippen LogP contribution in [0.2, 0.25) is 0 Å². The number of thiazole rings is 1. The van der Waals surface area contributed by atoms with Gasteiger partial charge in [-0.25, -0.2) is 14.6 Å². The third-order valence-electron chi connectivity index (χ3n) is 3.47. The fourth-order valence-electron chi connectivity index (χ4n) is 2.56. The topological polar surface area (TPSA) is 48.5 Å². The fraction of sp³-hybridized carbons (Fsp3) is 0.500. The van der Waals surface area contributed by atoms with E-state index < -0.39 is 0 Å². The minimum Gasteiger partial charge on any atom is -0.306 e. The molecule has 21 heavy (non-hydrogen) atoms. The van der Waals surface area contributed by atoms with Gasteiger partial charge in [-0.15, -0.1) is 22.9 Å². The summed E-state index contributed by atoms with van der Waals surface area (Å²) < 4.78 is 4.16. The van der Waals surface area contributed by atoms with Crippen LogP contribution in [0, 0.1) is 13.8 Å². The molecule has 0 aliphatic rings. The van der Waals surface area contributed by atoms with Gasteiger partial charge in [0.15, 0.2) is 5.65 Å². The predicted molar refractivity (Wildman–Crippen MR) is 86.2 cm³/mol. The Kier molecular flexibility index (Phi) is 3.75. The number of hydrogen-bond donors (Lipinski definition) is 0. The molecule has 1 atom stereocenters. The summed E-state index contributed by atoms with van der Waals surface area (Å²) in [6, 6.07) is 0. The average molecular weight is 324 g/mol. The lowest BCUT2D eigenvalue weighted by Crippen LogP contribution is -2.09. The Morgan fingerprint density at radius 2 is 2.14 bits per heavy atom. The van der Waals surface area contributed by atoms with Crippen molar-refractivity contribution < 1.29 is 0 Å². The third kappa shape index (κ3) is 2.46. The van der Waals surface area contributed by atoms with E-state index in [2.05, 4.69) is 21.6 Å². The first-order valence-corrected chi connectivity index (χ1v) is 8.25. The van der Waals surface area contributed by atoms with Crippen molar-refractivity contribution in [3.8, 4) is 0 Å². The Labute approximate surface area is 132 Å². The number of aromatic nitrogens is 5. The zero-order valence-electron chi connectivity index (χ0n) is 12.6. The second-order valence-corrected chi connectivity index (χ2v) is 7.07. The second-order valence-electron chi connectivity index (χ2n) is 5.09. The van der Waals surface area contributed by atoms with Crippen LogP contribution >= 0.6 is 22.9 Å². The molecule has 0 radical (unpaired) electrons. The molecule has 3 aromatic heterocycles. The molecular weight excluding hydrogens is 306 g/mol. The Morgan fingerprint density at radius 3 is 2.71 bits per heavy atom. The molecule has 7 heteroatoms. The van der Waals surface area contributed by atoms with Gasteiger partial charge in [0.1, 0.15) is 11.3 Å². The summed E-state index contributed by atoms with van der Waals surface area (Å²) in [5.74, 6) is 0.889. The predicted octanol–water partition coefficient (Wildman–Crippen LogP) is 3.67. The monoisotopic (exact) mass is 323 g/mol. The van der Waals surface area contributed by atoms with Gasteiger partial charge >= 0.3 is 0 Å². The van der Waals surface area contributed by atoms with Gasteiger partial charge in [-0.1, -0.05) is 0 Å². The Balaban J connectivity index is 2.19. The van der Waals surface area contributed by atoms with Crippen molar-refractivity contribution in [2.75, 3.05) is 0 Å². The molecule has 3 rings (SSSR count). The Hall–Kier alpha value is -1.40. The van der Waals surface area contributed by atoms with Crippen LogP contribution in [0.4, 0.5) is 0 Å². The first-order valence-electron chi connectivity index (χ1n) is 7.00. The molecule has 0 fully saturated rings. The van der Waals surface area contributed by atoms with Gasteiger partial charge in [0.25, 0.3) is 0 Å². The molecule has 0 aliphatic heterocycles. The largest absolute Gasteiger partial charge is 0.306 e. The van der Waals surface area contributed by atoms with E-state index in [1.807, 2.05) is 31.6 Å². The van der Waals surface area contributed by atoms with Crippen LogP contribution in [0.3, 0.4) is 0 Å². The number of halogens is 1. The van der Waals surface area contributed by atoms with Crippen LogP contribution in [0.1, 0.15) is 40.6 Å². The molecule has 1 unspecified atom stereocenters. The van der Waals surface area contributed by atoms with Gasteiger partial charge in [-0.05, 0) is 27.7 Å². The van der Waals surface area contributed by atoms with Crippen molar-refractivity contribution in [2.24, 2.45) is 0 Å². The van der Waals surface area contributed by atoms with Crippen LogP contribution in [-0.2, 0) is 13.1 Å². The summed E-state index contributed by atoms with van der Waals surface area (Å²) in [5, 5.41) is 5.48. The standard InChI is InChI=1S/C14H18ClN5S/c1-5-20-14-12(9(3)18-20)17-13(8(2)15)19(14)7-11-6-16-10(4)21-11/h6,8H,5,7H2,1-4H3. The van der Waals surface area contributed by atoms with E-state index in [0.717, 1.165) is 40.8 Å². The molecule has 0 N–H and O–H groups in total. The van der Waals surface area contributed by atoms with Gasteiger partial charge in [0.2, 0.25) is 0 Å². The molecule has 0 amide bonds. The molecule has 3 heterocycles. The smallest absolute Gasteiger partial charge is 0.159 e. The van der Waals surface area contributed by atoms with Crippen LogP contribution in [-0.4, -0.2) is 24.3 Å². The number of alkyl halides is 1. The summed E-state index contributed by atoms with van der Waals surface area (Å²) >= 11 is 8.03. The lowest BCUT2D eigenvalue weighted by Gasteiger charge is -2.10. The van der Waals surface area contributed by atoms with Crippen molar-refractivity contribution >= 4 is 34.1 Å². The van der Waals surface area contributed by atoms with E-state index in [4.69, 9.17) is 16.6 Å². The minimum absolute atomic E-state index is 0.142. The molecular formula is C14H18ClN5S. The molecule has 0 bridgehead atoms. The summed E-state index contributed by atoms with van der Waals surface area (Å²) in [5.41, 5.74) is 2.94. The summed E-state index contributed by atoms with van der Waals surface area (Å²) in [7, 11) is 0. The van der Waals surface area contributed by atoms with Crippen molar-refractivity contribution in [1.82, 2.24) is 24.3 Å². The highest BCUT2D eigenvalue weighted by Gasteiger charge is 2.21. The third-order valence-corrected chi connectivity index (χ3v) is 4.56. The molecule has 0 aromatic carbocycles. The lowest BCUT2D eigenvalue weighted by atomic mass is 10.4. The molecule has 112 valence electrons. The number of nitrogens with zero attached hydrogens (tertiary/aromatic N) is 5. The zero-order valence-corrected chi connectivity index (χ0v) is 14.2. The quantitative estimate of drug-likeness (QED) is 0.688. The molecule has 0 spiro atoms. The van der Waals surface area contributed by atoms with Crippen LogP contribution < -0.4 is 0 Å². The van der Waals surface area contributed by atoms with E-state index in [0.29, 0.717) is 0 Å². The highest BCUT2D eigenvalue weighted by molar-refractivity contribution is 7.11. The number of rotatable bonds is 4. The fourth-order valence-corrected chi connectivity index (χ4v) is 3.51. The molecule has 5 nitrogen and oxygen atoms in total. The van der Waals surface area contributed by atoms with Crippen LogP contribution in [0.5, 0.6) is 0 Å². The Morgan fingerprint density at radius 1 is 1.38 bits per heavy atom. The summed E-state index contributed by atoms with van der Waals surface area (Å²) in [6.07, 6.45) is 1.92. The van der Waals surface area contributed by atoms with Crippen LogP contribution in [0.15, 0.2) is 6.20 Å². The van der Waals surface area contributed by atoms with Gasteiger partial charge in [-0.2, -0.15) is 5.10 Å². The van der Waals surface area contributed by atoms with E-state index in [1.54, 1.807) is 11.3 Å². The number of hydrogen-bond acceptors (Lipinski definition) is 4. The van der Waals surface area contributed by atoms with E-state index in [1.165, 1.54) is 4.88 Å². The maximum Gasteiger partial charge on any atom is 0.159 e. The molecule has 0 aliphatic carbocycles. The van der Waals surface area contributed by atoms with E-state index in [9.17, 15) is 0 Å². The van der Waals surface area contributed by atoms with Gasteiger partial charge < -0.3 is 4.57 Å². The first-order chi connectivity index (χ1) is 10.0. The van der Waals surface area contributed by atoms with Crippen molar-refractivity contribution in [3.63, 3.8) is 0 Å². The lowest BCUT2D eigenvalue weighted by molar-refractivity contribution is 0.635. The number of fused-ring (bicyclic) bond motifs is 1. The SMILES string of the molecule is CCn1nc(C)c2nc(C(C)Cl)n(Cc3cnc(C)s3)c21. The van der Waals surface area contributed by atoms with Gasteiger partial charge in [-0.3, -0.25) is 0 Å². The average Bonchev–Trinajstić information content (AvgIpc) is 3.08. The number of imidazole rings is 1. The Bertz CT molecular complexity index is 783. The van der Waals surface area contributed by atoms with Crippen LogP contribution in [0.25, 0.3) is 11.2 Å². The van der Waals surface area contributed by atoms with E-state index in [-0.39, 0.29) is 5.38 Å². The summed E-state index contributed by atoms with van der Waals surface area (Å²) in [6.45, 7) is 9.60. The normalized spacial score (nSPS) is 13.2. The first kappa shape index (κ1) is 14.5. The highest BCUT2D eigenvalue weighted by Crippen LogP contribution is 2.28. The highest BCUT2D eigenvalue weighted by atomic mass is 35.5. The summed E-state index contributed by atoms with van der Waals surface area (Å²) in [4.78, 5) is 10.2. The van der Waals surface area contributed by atoms with Gasteiger partial charge in [0, 0.05) is 17.6 Å². The second kappa shape index (κ2) is 5.42. The number of aryl methyl sites for hydroxylation is 3. The molecule has 0 saturated carbocycles. The van der Waals surface area contributed by atoms with Crippen molar-refractivity contribution in [2.45, 2.75) is 46.2 Å².